The van der Waals surface area contributed by atoms with Crippen molar-refractivity contribution in [3.05, 3.63) is 66.2 Å². The van der Waals surface area contributed by atoms with E-state index in [-0.39, 0.29) is 12.3 Å². The second-order valence-electron chi connectivity index (χ2n) is 6.04. The van der Waals surface area contributed by atoms with Gasteiger partial charge in [-0.25, -0.2) is 4.98 Å². The second kappa shape index (κ2) is 8.09. The maximum Gasteiger partial charge on any atom is 0.303 e. The number of nitrogen functional groups attached to an aromatic ring is 1. The van der Waals surface area contributed by atoms with Crippen molar-refractivity contribution in [3.63, 3.8) is 0 Å². The number of aromatic nitrogens is 2. The topological polar surface area (TPSA) is 105 Å². The van der Waals surface area contributed by atoms with Gasteiger partial charge in [0.2, 0.25) is 0 Å². The Labute approximate surface area is 161 Å². The molecule has 0 fully saturated rings. The Morgan fingerprint density at radius 2 is 1.93 bits per heavy atom. The van der Waals surface area contributed by atoms with E-state index in [2.05, 4.69) is 11.1 Å². The third-order valence-electron chi connectivity index (χ3n) is 4.22. The number of carboxylic acids is 1. The van der Waals surface area contributed by atoms with Crippen LogP contribution in [0.2, 0.25) is 0 Å². The number of rotatable bonds is 7. The third kappa shape index (κ3) is 4.38. The lowest BCUT2D eigenvalue weighted by atomic mass is 10.0. The maximum absolute atomic E-state index is 10.7. The number of carbonyl (C=O) groups is 1. The summed E-state index contributed by atoms with van der Waals surface area (Å²) in [5, 5.41) is 16.3. The van der Waals surface area contributed by atoms with Crippen molar-refractivity contribution in [1.82, 2.24) is 9.55 Å². The molecule has 0 saturated heterocycles. The quantitative estimate of drug-likeness (QED) is 0.330. The predicted octanol–water partition coefficient (Wildman–Crippen LogP) is 3.56. The number of amidine groups is 1. The van der Waals surface area contributed by atoms with Gasteiger partial charge in [0.15, 0.2) is 0 Å². The molecule has 0 saturated carbocycles. The molecular formula is C20H20N4O2S. The number of aliphatic carboxylic acids is 1. The average Bonchev–Trinajstić information content (AvgIpc) is 3.14. The van der Waals surface area contributed by atoms with E-state index in [0.717, 1.165) is 27.4 Å². The van der Waals surface area contributed by atoms with Crippen LogP contribution in [0.3, 0.4) is 0 Å². The first kappa shape index (κ1) is 18.7. The zero-order chi connectivity index (χ0) is 19.4. The summed E-state index contributed by atoms with van der Waals surface area (Å²) in [4.78, 5) is 16.1. The summed E-state index contributed by atoms with van der Waals surface area (Å²) >= 11 is 1.64. The zero-order valence-corrected chi connectivity index (χ0v) is 15.7. The Kier molecular flexibility index (Phi) is 5.61. The molecule has 6 nitrogen and oxygen atoms in total. The fraction of sp³-hybridized carbons (Fsp3) is 0.150. The molecule has 0 aliphatic carbocycles. The highest BCUT2D eigenvalue weighted by atomic mass is 32.2. The van der Waals surface area contributed by atoms with Crippen molar-refractivity contribution < 1.29 is 9.90 Å². The smallest absolute Gasteiger partial charge is 0.303 e. The summed E-state index contributed by atoms with van der Waals surface area (Å²) in [6.45, 7) is 0. The molecule has 0 amide bonds. The van der Waals surface area contributed by atoms with E-state index in [0.29, 0.717) is 12.0 Å². The van der Waals surface area contributed by atoms with Gasteiger partial charge in [-0.3, -0.25) is 10.2 Å². The lowest BCUT2D eigenvalue weighted by Crippen LogP contribution is -2.10. The van der Waals surface area contributed by atoms with E-state index in [1.807, 2.05) is 53.4 Å². The highest BCUT2D eigenvalue weighted by molar-refractivity contribution is 7.98. The van der Waals surface area contributed by atoms with Crippen LogP contribution in [0.5, 0.6) is 0 Å². The van der Waals surface area contributed by atoms with Crippen molar-refractivity contribution in [3.8, 4) is 16.8 Å². The van der Waals surface area contributed by atoms with E-state index in [4.69, 9.17) is 16.2 Å². The van der Waals surface area contributed by atoms with Crippen LogP contribution < -0.4 is 5.73 Å². The van der Waals surface area contributed by atoms with Gasteiger partial charge in [0, 0.05) is 23.1 Å². The van der Waals surface area contributed by atoms with Crippen molar-refractivity contribution in [2.45, 2.75) is 17.7 Å². The molecule has 0 aliphatic rings. The number of hydrogen-bond donors (Lipinski definition) is 3. The van der Waals surface area contributed by atoms with Crippen LogP contribution in [-0.4, -0.2) is 32.7 Å². The first-order valence-electron chi connectivity index (χ1n) is 8.36. The molecular weight excluding hydrogens is 360 g/mol. The lowest BCUT2D eigenvalue weighted by molar-refractivity contribution is -0.136. The Hall–Kier alpha value is -3.06. The van der Waals surface area contributed by atoms with Crippen LogP contribution in [0, 0.1) is 5.41 Å². The van der Waals surface area contributed by atoms with Crippen molar-refractivity contribution in [2.75, 3.05) is 6.26 Å². The predicted molar refractivity (Wildman–Crippen MR) is 108 cm³/mol. The minimum Gasteiger partial charge on any atom is -0.481 e. The molecule has 3 aromatic rings. The van der Waals surface area contributed by atoms with Crippen LogP contribution in [0.4, 0.5) is 0 Å². The van der Waals surface area contributed by atoms with Crippen molar-refractivity contribution >= 4 is 23.6 Å². The molecule has 0 unspecified atom stereocenters. The fourth-order valence-electron chi connectivity index (χ4n) is 2.77. The molecule has 0 aliphatic heterocycles. The fourth-order valence-corrected chi connectivity index (χ4v) is 3.40. The van der Waals surface area contributed by atoms with E-state index in [1.54, 1.807) is 18.1 Å². The minimum atomic E-state index is -0.825. The van der Waals surface area contributed by atoms with E-state index < -0.39 is 5.97 Å². The highest BCUT2D eigenvalue weighted by Crippen LogP contribution is 2.30. The number of nitrogens with zero attached hydrogens (tertiary/aromatic N) is 2. The normalized spacial score (nSPS) is 10.7. The summed E-state index contributed by atoms with van der Waals surface area (Å²) in [5.41, 5.74) is 10.1. The number of hydrogen-bond acceptors (Lipinski definition) is 4. The molecule has 1 aromatic heterocycles. The van der Waals surface area contributed by atoms with Gasteiger partial charge in [-0.15, -0.1) is 11.8 Å². The highest BCUT2D eigenvalue weighted by Gasteiger charge is 2.09. The number of carboxylic acid groups (broad SMARTS) is 1. The van der Waals surface area contributed by atoms with Gasteiger partial charge in [-0.05, 0) is 29.5 Å². The number of aryl methyl sites for hydroxylation is 1. The Balaban J connectivity index is 1.88. The summed E-state index contributed by atoms with van der Waals surface area (Å²) in [6, 6.07) is 13.8. The number of nitrogens with one attached hydrogen (secondary N) is 1. The molecule has 4 N–H and O–H groups in total. The van der Waals surface area contributed by atoms with Crippen LogP contribution in [0.15, 0.2) is 59.9 Å². The largest absolute Gasteiger partial charge is 0.481 e. The monoisotopic (exact) mass is 380 g/mol. The first-order chi connectivity index (χ1) is 13.0. The Morgan fingerprint density at radius 1 is 1.22 bits per heavy atom. The molecule has 7 heteroatoms. The summed E-state index contributed by atoms with van der Waals surface area (Å²) in [5.74, 6) is -0.769. The molecule has 2 aromatic carbocycles. The standard InChI is InChI=1S/C20H20N4O2S/c1-27-18-10-15(13-2-4-14(5-3-13)20(21)22)6-8-17(18)24-11-16(23-12-24)7-9-19(25)26/h2-6,8,10-12H,7,9H2,1H3,(H3,21,22)(H,25,26). The summed E-state index contributed by atoms with van der Waals surface area (Å²) in [6.07, 6.45) is 6.09. The van der Waals surface area contributed by atoms with E-state index >= 15 is 0 Å². The molecule has 0 spiro atoms. The zero-order valence-electron chi connectivity index (χ0n) is 14.8. The lowest BCUT2D eigenvalue weighted by Gasteiger charge is -2.11. The van der Waals surface area contributed by atoms with Gasteiger partial charge in [0.1, 0.15) is 5.84 Å². The summed E-state index contributed by atoms with van der Waals surface area (Å²) in [7, 11) is 0. The maximum atomic E-state index is 10.7. The molecule has 27 heavy (non-hydrogen) atoms. The average molecular weight is 380 g/mol. The van der Waals surface area contributed by atoms with Crippen LogP contribution in [0.1, 0.15) is 17.7 Å². The SMILES string of the molecule is CSc1cc(-c2ccc(C(=N)N)cc2)ccc1-n1cnc(CCC(=O)O)c1. The molecule has 0 bridgehead atoms. The molecule has 0 atom stereocenters. The van der Waals surface area contributed by atoms with Gasteiger partial charge in [-0.1, -0.05) is 30.3 Å². The Morgan fingerprint density at radius 3 is 2.56 bits per heavy atom. The van der Waals surface area contributed by atoms with Crippen molar-refractivity contribution in [1.29, 1.82) is 5.41 Å². The molecule has 0 radical (unpaired) electrons. The van der Waals surface area contributed by atoms with E-state index in [1.165, 1.54) is 0 Å². The third-order valence-corrected chi connectivity index (χ3v) is 4.99. The minimum absolute atomic E-state index is 0.0560. The number of thioether (sulfide) groups is 1. The summed E-state index contributed by atoms with van der Waals surface area (Å²) < 4.78 is 1.92. The van der Waals surface area contributed by atoms with Crippen LogP contribution in [0.25, 0.3) is 16.8 Å². The molecule has 1 heterocycles. The van der Waals surface area contributed by atoms with E-state index in [9.17, 15) is 4.79 Å². The number of nitrogens with two attached hydrogens (primary N) is 1. The van der Waals surface area contributed by atoms with Gasteiger partial charge < -0.3 is 15.4 Å². The molecule has 138 valence electrons. The second-order valence-corrected chi connectivity index (χ2v) is 6.89. The van der Waals surface area contributed by atoms with Gasteiger partial charge in [-0.2, -0.15) is 0 Å². The molecule has 3 rings (SSSR count). The van der Waals surface area contributed by atoms with Gasteiger partial charge >= 0.3 is 5.97 Å². The van der Waals surface area contributed by atoms with Gasteiger partial charge in [0.25, 0.3) is 0 Å². The first-order valence-corrected chi connectivity index (χ1v) is 9.58. The Bertz CT molecular complexity index is 980. The van der Waals surface area contributed by atoms with Crippen molar-refractivity contribution in [2.24, 2.45) is 5.73 Å². The van der Waals surface area contributed by atoms with Gasteiger partial charge in [0.05, 0.1) is 24.1 Å². The van der Waals surface area contributed by atoms with Crippen LogP contribution in [-0.2, 0) is 11.2 Å². The van der Waals surface area contributed by atoms with Crippen LogP contribution >= 0.6 is 11.8 Å². The number of benzene rings is 2. The number of imidazole rings is 1.